The molecule has 2 aromatic rings. The minimum absolute atomic E-state index is 0.0396. The Bertz CT molecular complexity index is 827. The van der Waals surface area contributed by atoms with E-state index in [1.165, 1.54) is 18.2 Å². The summed E-state index contributed by atoms with van der Waals surface area (Å²) in [5.41, 5.74) is 0.698. The summed E-state index contributed by atoms with van der Waals surface area (Å²) in [4.78, 5) is 36.7. The van der Waals surface area contributed by atoms with Crippen LogP contribution in [0.5, 0.6) is 5.75 Å². The normalized spacial score (nSPS) is 14.6. The van der Waals surface area contributed by atoms with Gasteiger partial charge in [-0.1, -0.05) is 42.5 Å². The van der Waals surface area contributed by atoms with Crippen molar-refractivity contribution in [2.75, 3.05) is 19.8 Å². The zero-order chi connectivity index (χ0) is 19.2. The van der Waals surface area contributed by atoms with Gasteiger partial charge in [-0.3, -0.25) is 9.59 Å². The van der Waals surface area contributed by atoms with Crippen LogP contribution in [0.1, 0.15) is 11.6 Å². The van der Waals surface area contributed by atoms with Gasteiger partial charge in [0.2, 0.25) is 0 Å². The molecule has 0 aromatic heterocycles. The largest absolute Gasteiger partial charge is 0.481 e. The number of nitrogens with zero attached hydrogens (tertiary/aromatic N) is 1. The maximum Gasteiger partial charge on any atom is 0.417 e. The Morgan fingerprint density at radius 3 is 2.52 bits per heavy atom. The molecule has 3 amide bonds. The number of cyclic esters (lactones) is 1. The van der Waals surface area contributed by atoms with Gasteiger partial charge in [-0.15, -0.1) is 0 Å². The molecule has 1 aliphatic rings. The summed E-state index contributed by atoms with van der Waals surface area (Å²) in [7, 11) is 0. The molecule has 140 valence electrons. The van der Waals surface area contributed by atoms with E-state index in [0.29, 0.717) is 5.56 Å². The van der Waals surface area contributed by atoms with E-state index in [2.05, 4.69) is 5.32 Å². The van der Waals surface area contributed by atoms with Crippen LogP contribution in [0.4, 0.5) is 9.18 Å². The summed E-state index contributed by atoms with van der Waals surface area (Å²) >= 11 is 0. The van der Waals surface area contributed by atoms with Crippen LogP contribution in [0.25, 0.3) is 0 Å². The Morgan fingerprint density at radius 2 is 1.85 bits per heavy atom. The third kappa shape index (κ3) is 4.60. The van der Waals surface area contributed by atoms with Crippen LogP contribution in [0.3, 0.4) is 0 Å². The number of carbonyl (C=O) groups excluding carboxylic acids is 3. The minimum atomic E-state index is -0.752. The Morgan fingerprint density at radius 1 is 1.15 bits per heavy atom. The molecule has 0 aliphatic carbocycles. The van der Waals surface area contributed by atoms with Crippen LogP contribution in [-0.2, 0) is 14.3 Å². The smallest absolute Gasteiger partial charge is 0.417 e. The summed E-state index contributed by atoms with van der Waals surface area (Å²) in [6.07, 6.45) is -0.752. The van der Waals surface area contributed by atoms with Crippen molar-refractivity contribution < 1.29 is 28.2 Å². The van der Waals surface area contributed by atoms with Crippen LogP contribution in [-0.4, -0.2) is 42.6 Å². The fraction of sp³-hybridized carbons (Fsp3) is 0.211. The molecule has 1 N–H and O–H groups in total. The van der Waals surface area contributed by atoms with Gasteiger partial charge in [0.1, 0.15) is 0 Å². The van der Waals surface area contributed by atoms with Gasteiger partial charge < -0.3 is 14.8 Å². The monoisotopic (exact) mass is 372 g/mol. The molecular weight excluding hydrogens is 355 g/mol. The van der Waals surface area contributed by atoms with Crippen molar-refractivity contribution in [3.63, 3.8) is 0 Å². The third-order valence-electron chi connectivity index (χ3n) is 3.94. The number of halogens is 1. The van der Waals surface area contributed by atoms with Crippen molar-refractivity contribution in [3.05, 3.63) is 66.0 Å². The predicted molar refractivity (Wildman–Crippen MR) is 92.3 cm³/mol. The fourth-order valence-corrected chi connectivity index (χ4v) is 2.60. The van der Waals surface area contributed by atoms with Crippen LogP contribution in [0.15, 0.2) is 54.6 Å². The summed E-state index contributed by atoms with van der Waals surface area (Å²) in [6, 6.07) is 14.0. The van der Waals surface area contributed by atoms with Gasteiger partial charge in [-0.2, -0.15) is 0 Å². The Kier molecular flexibility index (Phi) is 5.65. The van der Waals surface area contributed by atoms with Gasteiger partial charge in [-0.25, -0.2) is 14.1 Å². The first-order valence-corrected chi connectivity index (χ1v) is 8.23. The second kappa shape index (κ2) is 8.31. The molecule has 1 atom stereocenters. The third-order valence-corrected chi connectivity index (χ3v) is 3.94. The van der Waals surface area contributed by atoms with Crippen molar-refractivity contribution in [1.29, 1.82) is 0 Å². The van der Waals surface area contributed by atoms with Crippen molar-refractivity contribution in [1.82, 2.24) is 10.2 Å². The topological polar surface area (TPSA) is 84.9 Å². The number of imide groups is 1. The predicted octanol–water partition coefficient (Wildman–Crippen LogP) is 2.04. The lowest BCUT2D eigenvalue weighted by molar-refractivity contribution is -0.128. The second-order valence-corrected chi connectivity index (χ2v) is 5.81. The van der Waals surface area contributed by atoms with E-state index in [-0.39, 0.29) is 18.9 Å². The molecule has 1 aliphatic heterocycles. The SMILES string of the molecule is O=C(COc1ccccc1F)NC(CN1C(=O)COC1=O)c1ccccc1. The maximum atomic E-state index is 13.6. The van der Waals surface area contributed by atoms with E-state index in [4.69, 9.17) is 9.47 Å². The standard InChI is InChI=1S/C19H17FN2O5/c20-14-8-4-5-9-16(14)26-11-17(23)21-15(13-6-2-1-3-7-13)10-22-18(24)12-27-19(22)25/h1-9,15H,10-12H2,(H,21,23). The van der Waals surface area contributed by atoms with Crippen molar-refractivity contribution in [3.8, 4) is 5.75 Å². The van der Waals surface area contributed by atoms with E-state index in [1.54, 1.807) is 36.4 Å². The summed E-state index contributed by atoms with van der Waals surface area (Å²) in [5.74, 6) is -1.61. The van der Waals surface area contributed by atoms with Gasteiger partial charge in [0.15, 0.2) is 24.8 Å². The van der Waals surface area contributed by atoms with Crippen LogP contribution in [0.2, 0.25) is 0 Å². The highest BCUT2D eigenvalue weighted by atomic mass is 19.1. The lowest BCUT2D eigenvalue weighted by atomic mass is 10.1. The molecule has 27 heavy (non-hydrogen) atoms. The average molecular weight is 372 g/mol. The van der Waals surface area contributed by atoms with E-state index in [9.17, 15) is 18.8 Å². The van der Waals surface area contributed by atoms with Gasteiger partial charge in [0, 0.05) is 0 Å². The molecule has 1 fully saturated rings. The second-order valence-electron chi connectivity index (χ2n) is 5.81. The van der Waals surface area contributed by atoms with Crippen molar-refractivity contribution in [2.45, 2.75) is 6.04 Å². The molecule has 0 spiro atoms. The molecule has 1 saturated heterocycles. The zero-order valence-corrected chi connectivity index (χ0v) is 14.3. The Hall–Kier alpha value is -3.42. The quantitative estimate of drug-likeness (QED) is 0.804. The highest BCUT2D eigenvalue weighted by Crippen LogP contribution is 2.18. The molecule has 1 heterocycles. The molecule has 0 radical (unpaired) electrons. The highest BCUT2D eigenvalue weighted by molar-refractivity contribution is 5.97. The van der Waals surface area contributed by atoms with E-state index < -0.39 is 36.4 Å². The number of ether oxygens (including phenoxy) is 2. The van der Waals surface area contributed by atoms with Crippen LogP contribution >= 0.6 is 0 Å². The number of para-hydroxylation sites is 1. The van der Waals surface area contributed by atoms with Gasteiger partial charge in [0.05, 0.1) is 12.6 Å². The molecule has 0 bridgehead atoms. The van der Waals surface area contributed by atoms with Gasteiger partial charge in [-0.05, 0) is 17.7 Å². The summed E-state index contributed by atoms with van der Waals surface area (Å²) < 4.78 is 23.5. The number of amides is 3. The molecule has 0 saturated carbocycles. The van der Waals surface area contributed by atoms with Crippen LogP contribution in [0, 0.1) is 5.82 Å². The average Bonchev–Trinajstić information content (AvgIpc) is 2.99. The maximum absolute atomic E-state index is 13.6. The highest BCUT2D eigenvalue weighted by Gasteiger charge is 2.33. The number of nitrogens with one attached hydrogen (secondary N) is 1. The lowest BCUT2D eigenvalue weighted by Gasteiger charge is -2.22. The number of rotatable bonds is 7. The zero-order valence-electron chi connectivity index (χ0n) is 14.3. The molecule has 8 heteroatoms. The first-order valence-electron chi connectivity index (χ1n) is 8.23. The number of hydrogen-bond donors (Lipinski definition) is 1. The van der Waals surface area contributed by atoms with Gasteiger partial charge >= 0.3 is 6.09 Å². The number of carbonyl (C=O) groups is 3. The van der Waals surface area contributed by atoms with Gasteiger partial charge in [0.25, 0.3) is 11.8 Å². The first kappa shape index (κ1) is 18.4. The summed E-state index contributed by atoms with van der Waals surface area (Å²) in [5, 5.41) is 2.70. The van der Waals surface area contributed by atoms with E-state index >= 15 is 0 Å². The fourth-order valence-electron chi connectivity index (χ4n) is 2.60. The van der Waals surface area contributed by atoms with E-state index in [0.717, 1.165) is 4.90 Å². The molecule has 7 nitrogen and oxygen atoms in total. The number of benzene rings is 2. The summed E-state index contributed by atoms with van der Waals surface area (Å²) in [6.45, 7) is -0.805. The number of hydrogen-bond acceptors (Lipinski definition) is 5. The van der Waals surface area contributed by atoms with E-state index in [1.807, 2.05) is 0 Å². The van der Waals surface area contributed by atoms with Crippen LogP contribution < -0.4 is 10.1 Å². The molecule has 2 aromatic carbocycles. The minimum Gasteiger partial charge on any atom is -0.481 e. The molecule has 1 unspecified atom stereocenters. The molecule has 3 rings (SSSR count). The van der Waals surface area contributed by atoms with Crippen molar-refractivity contribution >= 4 is 17.9 Å². The Labute approximate surface area is 154 Å². The Balaban J connectivity index is 1.67. The molecular formula is C19H17FN2O5. The lowest BCUT2D eigenvalue weighted by Crippen LogP contribution is -2.41. The van der Waals surface area contributed by atoms with Crippen molar-refractivity contribution in [2.24, 2.45) is 0 Å². The first-order chi connectivity index (χ1) is 13.0.